The van der Waals surface area contributed by atoms with Gasteiger partial charge in [0.1, 0.15) is 5.75 Å². The second-order valence-electron chi connectivity index (χ2n) is 3.50. The predicted octanol–water partition coefficient (Wildman–Crippen LogP) is 2.29. The number of anilines is 1. The monoisotopic (exact) mass is 279 g/mol. The molecule has 19 heavy (non-hydrogen) atoms. The number of hydrogen-bond donors (Lipinski definition) is 1. The summed E-state index contributed by atoms with van der Waals surface area (Å²) in [5.74, 6) is -0.233. The second kappa shape index (κ2) is 5.53. The standard InChI is InChI=1S/C12H10ClN3O3/c1-18-12(17)11-15-5-4-10(16-11)19-9-6-7(14)2-3-8(9)13/h2-6H,14H2,1H3. The molecule has 0 aliphatic heterocycles. The van der Waals surface area contributed by atoms with Crippen LogP contribution in [0.4, 0.5) is 5.69 Å². The van der Waals surface area contributed by atoms with Crippen molar-refractivity contribution in [3.63, 3.8) is 0 Å². The third kappa shape index (κ3) is 3.11. The fraction of sp³-hybridized carbons (Fsp3) is 0.0833. The van der Waals surface area contributed by atoms with Crippen LogP contribution >= 0.6 is 11.6 Å². The topological polar surface area (TPSA) is 87.3 Å². The summed E-state index contributed by atoms with van der Waals surface area (Å²) in [5.41, 5.74) is 6.14. The van der Waals surface area contributed by atoms with Crippen LogP contribution in [0.25, 0.3) is 0 Å². The van der Waals surface area contributed by atoms with Crippen molar-refractivity contribution in [1.29, 1.82) is 0 Å². The Balaban J connectivity index is 2.28. The molecule has 98 valence electrons. The summed E-state index contributed by atoms with van der Waals surface area (Å²) >= 11 is 5.96. The lowest BCUT2D eigenvalue weighted by Crippen LogP contribution is -2.07. The normalized spacial score (nSPS) is 10.0. The van der Waals surface area contributed by atoms with Gasteiger partial charge in [-0.25, -0.2) is 9.78 Å². The maximum Gasteiger partial charge on any atom is 0.376 e. The van der Waals surface area contributed by atoms with Crippen molar-refractivity contribution in [1.82, 2.24) is 9.97 Å². The van der Waals surface area contributed by atoms with Gasteiger partial charge in [-0.2, -0.15) is 4.98 Å². The number of methoxy groups -OCH3 is 1. The first-order chi connectivity index (χ1) is 9.10. The van der Waals surface area contributed by atoms with E-state index in [1.165, 1.54) is 19.4 Å². The van der Waals surface area contributed by atoms with E-state index in [9.17, 15) is 4.79 Å². The molecular formula is C12H10ClN3O3. The van der Waals surface area contributed by atoms with Crippen molar-refractivity contribution in [2.45, 2.75) is 0 Å². The highest BCUT2D eigenvalue weighted by atomic mass is 35.5. The Morgan fingerprint density at radius 1 is 1.37 bits per heavy atom. The number of rotatable bonds is 3. The summed E-state index contributed by atoms with van der Waals surface area (Å²) in [5, 5.41) is 0.382. The van der Waals surface area contributed by atoms with Crippen LogP contribution in [0, 0.1) is 0 Å². The average Bonchev–Trinajstić information content (AvgIpc) is 2.42. The van der Waals surface area contributed by atoms with Crippen LogP contribution in [0.15, 0.2) is 30.5 Å². The molecule has 1 aromatic heterocycles. The Kier molecular flexibility index (Phi) is 3.82. The fourth-order valence-electron chi connectivity index (χ4n) is 1.30. The van der Waals surface area contributed by atoms with Gasteiger partial charge in [0.15, 0.2) is 0 Å². The molecule has 0 amide bonds. The molecule has 0 aliphatic carbocycles. The quantitative estimate of drug-likeness (QED) is 0.685. The zero-order chi connectivity index (χ0) is 13.8. The van der Waals surface area contributed by atoms with E-state index in [4.69, 9.17) is 22.1 Å². The van der Waals surface area contributed by atoms with Crippen molar-refractivity contribution in [3.8, 4) is 11.6 Å². The van der Waals surface area contributed by atoms with Crippen LogP contribution in [-0.2, 0) is 4.74 Å². The number of nitrogen functional groups attached to an aromatic ring is 1. The van der Waals surface area contributed by atoms with Gasteiger partial charge in [-0.1, -0.05) is 11.6 Å². The number of aromatic nitrogens is 2. The fourth-order valence-corrected chi connectivity index (χ4v) is 1.46. The van der Waals surface area contributed by atoms with E-state index in [1.807, 2.05) is 0 Å². The maximum atomic E-state index is 11.3. The van der Waals surface area contributed by atoms with Gasteiger partial charge in [0.05, 0.1) is 12.1 Å². The van der Waals surface area contributed by atoms with Gasteiger partial charge in [-0.05, 0) is 12.1 Å². The molecule has 2 N–H and O–H groups in total. The highest BCUT2D eigenvalue weighted by Crippen LogP contribution is 2.30. The number of carbonyl (C=O) groups excluding carboxylic acids is 1. The molecule has 0 radical (unpaired) electrons. The van der Waals surface area contributed by atoms with E-state index in [0.717, 1.165) is 0 Å². The van der Waals surface area contributed by atoms with Gasteiger partial charge < -0.3 is 15.2 Å². The molecule has 0 atom stereocenters. The minimum absolute atomic E-state index is 0.0972. The lowest BCUT2D eigenvalue weighted by Gasteiger charge is -2.07. The molecule has 7 heteroatoms. The first-order valence-electron chi connectivity index (χ1n) is 5.24. The number of esters is 1. The van der Waals surface area contributed by atoms with Gasteiger partial charge in [0.2, 0.25) is 11.7 Å². The van der Waals surface area contributed by atoms with E-state index in [2.05, 4.69) is 14.7 Å². The maximum absolute atomic E-state index is 11.3. The minimum Gasteiger partial charge on any atom is -0.463 e. The molecule has 0 spiro atoms. The van der Waals surface area contributed by atoms with Crippen molar-refractivity contribution < 1.29 is 14.3 Å². The van der Waals surface area contributed by atoms with Crippen LogP contribution in [0.2, 0.25) is 5.02 Å². The number of carbonyl (C=O) groups is 1. The molecule has 1 heterocycles. The van der Waals surface area contributed by atoms with Crippen LogP contribution in [0.5, 0.6) is 11.6 Å². The zero-order valence-electron chi connectivity index (χ0n) is 9.96. The summed E-state index contributed by atoms with van der Waals surface area (Å²) in [4.78, 5) is 19.0. The smallest absolute Gasteiger partial charge is 0.376 e. The Morgan fingerprint density at radius 3 is 2.89 bits per heavy atom. The lowest BCUT2D eigenvalue weighted by atomic mass is 10.3. The van der Waals surface area contributed by atoms with Crippen LogP contribution in [0.1, 0.15) is 10.6 Å². The molecule has 2 rings (SSSR count). The number of benzene rings is 1. The number of ether oxygens (including phenoxy) is 2. The molecule has 1 aromatic carbocycles. The highest BCUT2D eigenvalue weighted by Gasteiger charge is 2.11. The summed E-state index contributed by atoms with van der Waals surface area (Å²) in [6, 6.07) is 6.30. The zero-order valence-corrected chi connectivity index (χ0v) is 10.7. The largest absolute Gasteiger partial charge is 0.463 e. The van der Waals surface area contributed by atoms with Crippen molar-refractivity contribution in [2.75, 3.05) is 12.8 Å². The number of nitrogens with zero attached hydrogens (tertiary/aromatic N) is 2. The Hall–Kier alpha value is -2.34. The van der Waals surface area contributed by atoms with Gasteiger partial charge >= 0.3 is 5.97 Å². The summed E-state index contributed by atoms with van der Waals surface area (Å²) in [6.07, 6.45) is 1.38. The Bertz CT molecular complexity index is 619. The van der Waals surface area contributed by atoms with E-state index in [0.29, 0.717) is 16.5 Å². The Labute approximate surface area is 114 Å². The second-order valence-corrected chi connectivity index (χ2v) is 3.91. The molecular weight excluding hydrogens is 270 g/mol. The van der Waals surface area contributed by atoms with Gasteiger partial charge in [0, 0.05) is 24.0 Å². The molecule has 0 unspecified atom stereocenters. The highest BCUT2D eigenvalue weighted by molar-refractivity contribution is 6.32. The SMILES string of the molecule is COC(=O)c1nccc(Oc2cc(N)ccc2Cl)n1. The van der Waals surface area contributed by atoms with E-state index in [-0.39, 0.29) is 11.7 Å². The lowest BCUT2D eigenvalue weighted by molar-refractivity contribution is 0.0585. The predicted molar refractivity (Wildman–Crippen MR) is 69.3 cm³/mol. The summed E-state index contributed by atoms with van der Waals surface area (Å²) < 4.78 is 9.97. The van der Waals surface area contributed by atoms with Crippen LogP contribution in [-0.4, -0.2) is 23.0 Å². The molecule has 0 saturated carbocycles. The van der Waals surface area contributed by atoms with E-state index in [1.54, 1.807) is 18.2 Å². The number of nitrogens with two attached hydrogens (primary N) is 1. The first-order valence-corrected chi connectivity index (χ1v) is 5.62. The first kappa shape index (κ1) is 13.1. The van der Waals surface area contributed by atoms with Gasteiger partial charge in [-0.15, -0.1) is 0 Å². The van der Waals surface area contributed by atoms with Crippen LogP contribution < -0.4 is 10.5 Å². The average molecular weight is 280 g/mol. The number of halogens is 1. The summed E-state index contributed by atoms with van der Waals surface area (Å²) in [7, 11) is 1.24. The van der Waals surface area contributed by atoms with E-state index < -0.39 is 5.97 Å². The van der Waals surface area contributed by atoms with E-state index >= 15 is 0 Å². The van der Waals surface area contributed by atoms with Crippen molar-refractivity contribution in [2.24, 2.45) is 0 Å². The van der Waals surface area contributed by atoms with Crippen LogP contribution in [0.3, 0.4) is 0 Å². The number of hydrogen-bond acceptors (Lipinski definition) is 6. The van der Waals surface area contributed by atoms with Crippen molar-refractivity contribution >= 4 is 23.3 Å². The molecule has 0 bridgehead atoms. The Morgan fingerprint density at radius 2 is 2.16 bits per heavy atom. The van der Waals surface area contributed by atoms with Gasteiger partial charge in [0.25, 0.3) is 0 Å². The third-order valence-electron chi connectivity index (χ3n) is 2.17. The molecule has 0 aliphatic rings. The minimum atomic E-state index is -0.649. The molecule has 2 aromatic rings. The summed E-state index contributed by atoms with van der Waals surface area (Å²) in [6.45, 7) is 0. The van der Waals surface area contributed by atoms with Gasteiger partial charge in [-0.3, -0.25) is 0 Å². The molecule has 6 nitrogen and oxygen atoms in total. The molecule has 0 saturated heterocycles. The third-order valence-corrected chi connectivity index (χ3v) is 2.48. The molecule has 0 fully saturated rings. The van der Waals surface area contributed by atoms with Crippen molar-refractivity contribution in [3.05, 3.63) is 41.3 Å².